The van der Waals surface area contributed by atoms with Gasteiger partial charge in [-0.25, -0.2) is 0 Å². The summed E-state index contributed by atoms with van der Waals surface area (Å²) < 4.78 is 0. The lowest BCUT2D eigenvalue weighted by atomic mass is 9.83. The molecule has 0 aromatic carbocycles. The molecule has 72 valence electrons. The van der Waals surface area contributed by atoms with Crippen molar-refractivity contribution in [3.05, 3.63) is 36.2 Å². The smallest absolute Gasteiger partial charge is 0.0706 e. The zero-order chi connectivity index (χ0) is 9.54. The molecule has 2 heteroatoms. The van der Waals surface area contributed by atoms with Crippen molar-refractivity contribution in [1.29, 1.82) is 0 Å². The first kappa shape index (κ1) is 8.04. The molecule has 0 radical (unpaired) electrons. The molecule has 1 aromatic heterocycles. The molecule has 3 atom stereocenters. The van der Waals surface area contributed by atoms with Crippen LogP contribution in [0.2, 0.25) is 0 Å². The molecular formula is C12H14N2. The second-order valence-corrected chi connectivity index (χ2v) is 4.22. The number of nitrogens with zero attached hydrogens (tertiary/aromatic N) is 1. The van der Waals surface area contributed by atoms with Crippen molar-refractivity contribution in [2.75, 3.05) is 5.32 Å². The summed E-state index contributed by atoms with van der Waals surface area (Å²) in [6, 6.07) is 4.69. The Balaban J connectivity index is 2.11. The maximum absolute atomic E-state index is 4.48. The van der Waals surface area contributed by atoms with Crippen LogP contribution in [0.5, 0.6) is 0 Å². The van der Waals surface area contributed by atoms with Crippen LogP contribution in [-0.4, -0.2) is 11.0 Å². The van der Waals surface area contributed by atoms with Crippen molar-refractivity contribution in [2.45, 2.75) is 25.3 Å². The van der Waals surface area contributed by atoms with E-state index in [1.54, 1.807) is 0 Å². The van der Waals surface area contributed by atoms with E-state index in [4.69, 9.17) is 0 Å². The fourth-order valence-electron chi connectivity index (χ4n) is 2.64. The number of rotatable bonds is 0. The van der Waals surface area contributed by atoms with Gasteiger partial charge in [0.2, 0.25) is 0 Å². The molecule has 1 aromatic rings. The van der Waals surface area contributed by atoms with Crippen LogP contribution in [0.4, 0.5) is 5.69 Å². The first-order valence-corrected chi connectivity index (χ1v) is 5.24. The quantitative estimate of drug-likeness (QED) is 0.630. The lowest BCUT2D eigenvalue weighted by Gasteiger charge is -2.34. The summed E-state index contributed by atoms with van der Waals surface area (Å²) in [6.07, 6.45) is 7.68. The Morgan fingerprint density at radius 1 is 1.50 bits per heavy atom. The van der Waals surface area contributed by atoms with Crippen LogP contribution >= 0.6 is 0 Å². The Hall–Kier alpha value is -1.31. The van der Waals surface area contributed by atoms with Crippen LogP contribution in [0.25, 0.3) is 0 Å². The minimum absolute atomic E-state index is 0.544. The summed E-state index contributed by atoms with van der Waals surface area (Å²) in [5, 5.41) is 3.53. The van der Waals surface area contributed by atoms with Gasteiger partial charge in [-0.2, -0.15) is 0 Å². The fraction of sp³-hybridized carbons (Fsp3) is 0.417. The first-order chi connectivity index (χ1) is 6.86. The highest BCUT2D eigenvalue weighted by Crippen LogP contribution is 2.42. The molecule has 0 fully saturated rings. The number of aromatic nitrogens is 1. The highest BCUT2D eigenvalue weighted by Gasteiger charge is 2.35. The fourth-order valence-corrected chi connectivity index (χ4v) is 2.64. The van der Waals surface area contributed by atoms with Gasteiger partial charge >= 0.3 is 0 Å². The molecule has 1 aliphatic heterocycles. The average molecular weight is 186 g/mol. The Morgan fingerprint density at radius 2 is 2.43 bits per heavy atom. The molecule has 0 bridgehead atoms. The van der Waals surface area contributed by atoms with Crippen molar-refractivity contribution in [1.82, 2.24) is 4.98 Å². The van der Waals surface area contributed by atoms with E-state index in [0.29, 0.717) is 17.9 Å². The number of pyridine rings is 1. The topological polar surface area (TPSA) is 24.9 Å². The maximum Gasteiger partial charge on any atom is 0.0706 e. The lowest BCUT2D eigenvalue weighted by molar-refractivity contribution is 0.430. The third-order valence-electron chi connectivity index (χ3n) is 3.39. The number of hydrogen-bond donors (Lipinski definition) is 1. The summed E-state index contributed by atoms with van der Waals surface area (Å²) in [6.45, 7) is 2.26. The summed E-state index contributed by atoms with van der Waals surface area (Å²) >= 11 is 0. The number of hydrogen-bond acceptors (Lipinski definition) is 2. The summed E-state index contributed by atoms with van der Waals surface area (Å²) in [5.74, 6) is 1.25. The van der Waals surface area contributed by atoms with Crippen LogP contribution in [0.15, 0.2) is 30.5 Å². The molecule has 2 heterocycles. The maximum atomic E-state index is 4.48. The van der Waals surface area contributed by atoms with E-state index in [1.807, 2.05) is 12.3 Å². The number of allylic oxidation sites excluding steroid dienone is 2. The van der Waals surface area contributed by atoms with Gasteiger partial charge in [0.1, 0.15) is 0 Å². The van der Waals surface area contributed by atoms with E-state index in [2.05, 4.69) is 35.4 Å². The van der Waals surface area contributed by atoms with Crippen molar-refractivity contribution in [3.63, 3.8) is 0 Å². The van der Waals surface area contributed by atoms with Crippen LogP contribution < -0.4 is 5.32 Å². The van der Waals surface area contributed by atoms with Crippen LogP contribution in [0.3, 0.4) is 0 Å². The normalized spacial score (nSPS) is 33.4. The average Bonchev–Trinajstić information content (AvgIpc) is 2.67. The van der Waals surface area contributed by atoms with Gasteiger partial charge < -0.3 is 5.32 Å². The van der Waals surface area contributed by atoms with Gasteiger partial charge in [0.15, 0.2) is 0 Å². The number of anilines is 1. The third-order valence-corrected chi connectivity index (χ3v) is 3.39. The number of nitrogens with one attached hydrogen (secondary N) is 1. The molecule has 0 spiro atoms. The lowest BCUT2D eigenvalue weighted by Crippen LogP contribution is -2.33. The highest BCUT2D eigenvalue weighted by atomic mass is 15.0. The molecule has 0 amide bonds. The van der Waals surface area contributed by atoms with Gasteiger partial charge in [-0.1, -0.05) is 12.2 Å². The Kier molecular flexibility index (Phi) is 1.63. The van der Waals surface area contributed by atoms with Crippen molar-refractivity contribution in [3.8, 4) is 0 Å². The molecule has 1 aliphatic carbocycles. The van der Waals surface area contributed by atoms with E-state index in [1.165, 1.54) is 17.8 Å². The predicted molar refractivity (Wildman–Crippen MR) is 57.3 cm³/mol. The van der Waals surface area contributed by atoms with E-state index >= 15 is 0 Å². The molecule has 14 heavy (non-hydrogen) atoms. The van der Waals surface area contributed by atoms with Crippen molar-refractivity contribution >= 4 is 5.69 Å². The van der Waals surface area contributed by atoms with Crippen LogP contribution in [-0.2, 0) is 0 Å². The van der Waals surface area contributed by atoms with E-state index < -0.39 is 0 Å². The molecule has 0 unspecified atom stereocenters. The van der Waals surface area contributed by atoms with Crippen LogP contribution in [0, 0.1) is 5.92 Å². The van der Waals surface area contributed by atoms with E-state index in [0.717, 1.165) is 0 Å². The van der Waals surface area contributed by atoms with Gasteiger partial charge in [-0.15, -0.1) is 0 Å². The molecule has 0 saturated heterocycles. The molecule has 0 saturated carbocycles. The number of fused-ring (bicyclic) bond motifs is 3. The highest BCUT2D eigenvalue weighted by molar-refractivity contribution is 5.54. The molecule has 1 N–H and O–H groups in total. The predicted octanol–water partition coefficient (Wildman–Crippen LogP) is 2.56. The van der Waals surface area contributed by atoms with Crippen molar-refractivity contribution < 1.29 is 0 Å². The Bertz CT molecular complexity index is 384. The monoisotopic (exact) mass is 186 g/mol. The van der Waals surface area contributed by atoms with E-state index in [-0.39, 0.29) is 0 Å². The second kappa shape index (κ2) is 2.84. The molecule has 3 rings (SSSR count). The zero-order valence-electron chi connectivity index (χ0n) is 8.27. The van der Waals surface area contributed by atoms with Crippen LogP contribution in [0.1, 0.15) is 25.0 Å². The minimum atomic E-state index is 0.544. The molecule has 2 aliphatic rings. The Morgan fingerprint density at radius 3 is 3.36 bits per heavy atom. The zero-order valence-corrected chi connectivity index (χ0v) is 8.27. The Labute approximate surface area is 84.1 Å². The van der Waals surface area contributed by atoms with Gasteiger partial charge in [-0.3, -0.25) is 4.98 Å². The summed E-state index contributed by atoms with van der Waals surface area (Å²) in [4.78, 5) is 4.48. The summed E-state index contributed by atoms with van der Waals surface area (Å²) in [7, 11) is 0. The largest absolute Gasteiger partial charge is 0.381 e. The van der Waals surface area contributed by atoms with Gasteiger partial charge in [0.25, 0.3) is 0 Å². The van der Waals surface area contributed by atoms with Gasteiger partial charge in [-0.05, 0) is 31.4 Å². The van der Waals surface area contributed by atoms with Gasteiger partial charge in [0, 0.05) is 18.2 Å². The standard InChI is InChI=1S/C12H14N2/c1-8-9-4-2-5-10(9)12-11(14-8)6-3-7-13-12/h2-3,5-10,14H,4H2,1H3/t8-,9+,10+/m1/s1. The summed E-state index contributed by atoms with van der Waals surface area (Å²) in [5.41, 5.74) is 2.44. The van der Waals surface area contributed by atoms with E-state index in [9.17, 15) is 0 Å². The minimum Gasteiger partial charge on any atom is -0.381 e. The third kappa shape index (κ3) is 0.999. The molecular weight excluding hydrogens is 172 g/mol. The second-order valence-electron chi connectivity index (χ2n) is 4.22. The SMILES string of the molecule is C[C@H]1Nc2cccnc2[C@H]2C=CC[C@H]21. The van der Waals surface area contributed by atoms with Gasteiger partial charge in [0.05, 0.1) is 11.4 Å². The van der Waals surface area contributed by atoms with Crippen molar-refractivity contribution in [2.24, 2.45) is 5.92 Å². The first-order valence-electron chi connectivity index (χ1n) is 5.24. The molecule has 2 nitrogen and oxygen atoms in total.